The van der Waals surface area contributed by atoms with E-state index in [4.69, 9.17) is 0 Å². The quantitative estimate of drug-likeness (QED) is 0.706. The maximum Gasteiger partial charge on any atom is 0.124 e. The van der Waals surface area contributed by atoms with Crippen molar-refractivity contribution in [2.75, 3.05) is 0 Å². The van der Waals surface area contributed by atoms with Crippen LogP contribution in [0.3, 0.4) is 0 Å². The van der Waals surface area contributed by atoms with E-state index < -0.39 is 11.1 Å². The Bertz CT molecular complexity index is 264. The fourth-order valence-electron chi connectivity index (χ4n) is 0.534. The van der Waals surface area contributed by atoms with Gasteiger partial charge in [-0.3, -0.25) is 9.19 Å². The number of hydrogen-bond acceptors (Lipinski definition) is 4. The van der Waals surface area contributed by atoms with Crippen LogP contribution in [0.25, 0.3) is 0 Å². The van der Waals surface area contributed by atoms with Crippen molar-refractivity contribution in [3.63, 3.8) is 0 Å². The minimum absolute atomic E-state index is 0.0831. The van der Waals surface area contributed by atoms with Gasteiger partial charge in [0.25, 0.3) is 0 Å². The zero-order chi connectivity index (χ0) is 8.27. The van der Waals surface area contributed by atoms with E-state index in [0.717, 1.165) is 0 Å². The van der Waals surface area contributed by atoms with Crippen LogP contribution < -0.4 is 0 Å². The highest BCUT2D eigenvalue weighted by Gasteiger charge is 1.94. The first-order chi connectivity index (χ1) is 5.18. The summed E-state index contributed by atoms with van der Waals surface area (Å²) in [5.41, 5.74) is 0.446. The third-order valence-electron chi connectivity index (χ3n) is 0.940. The van der Waals surface area contributed by atoms with Gasteiger partial charge in [-0.1, -0.05) is 0 Å². The average Bonchev–Trinajstić information content (AvgIpc) is 1.93. The summed E-state index contributed by atoms with van der Waals surface area (Å²) in [6, 6.07) is 0. The zero-order valence-corrected chi connectivity index (χ0v) is 7.76. The number of aromatic nitrogens is 2. The zero-order valence-electron chi connectivity index (χ0n) is 5.36. The lowest BCUT2D eigenvalue weighted by atomic mass is 10.5. The molecule has 6 heteroatoms. The van der Waals surface area contributed by atoms with Crippen molar-refractivity contribution in [2.45, 2.75) is 5.75 Å². The maximum absolute atomic E-state index is 10.2. The Hall–Kier alpha value is -0.330. The van der Waals surface area contributed by atoms with E-state index in [2.05, 4.69) is 25.9 Å². The first-order valence-electron chi connectivity index (χ1n) is 2.71. The van der Waals surface area contributed by atoms with Crippen LogP contribution in [0, 0.1) is 0 Å². The molecular formula is C5H4BrN2O2S-. The van der Waals surface area contributed by atoms with E-state index in [9.17, 15) is 8.76 Å². The van der Waals surface area contributed by atoms with Gasteiger partial charge in [0, 0.05) is 0 Å². The molecule has 0 aliphatic heterocycles. The third-order valence-corrected chi connectivity index (χ3v) is 1.88. The van der Waals surface area contributed by atoms with Crippen LogP contribution in [0.5, 0.6) is 0 Å². The van der Waals surface area contributed by atoms with Gasteiger partial charge in [-0.15, -0.1) is 0 Å². The van der Waals surface area contributed by atoms with Gasteiger partial charge in [0.2, 0.25) is 0 Å². The lowest BCUT2D eigenvalue weighted by Crippen LogP contribution is -1.96. The number of hydrogen-bond donors (Lipinski definition) is 0. The van der Waals surface area contributed by atoms with Gasteiger partial charge < -0.3 is 4.55 Å². The van der Waals surface area contributed by atoms with Crippen molar-refractivity contribution in [1.82, 2.24) is 9.97 Å². The molecule has 0 aliphatic carbocycles. The van der Waals surface area contributed by atoms with Gasteiger partial charge in [-0.2, -0.15) is 0 Å². The Morgan fingerprint density at radius 2 is 2.27 bits per heavy atom. The van der Waals surface area contributed by atoms with Crippen LogP contribution >= 0.6 is 15.9 Å². The van der Waals surface area contributed by atoms with Gasteiger partial charge in [0.05, 0.1) is 23.8 Å². The molecule has 0 radical (unpaired) electrons. The predicted octanol–water partition coefficient (Wildman–Crippen LogP) is 0.618. The number of nitrogens with zero attached hydrogens (tertiary/aromatic N) is 2. The van der Waals surface area contributed by atoms with Crippen molar-refractivity contribution in [3.8, 4) is 0 Å². The fourth-order valence-corrected chi connectivity index (χ4v) is 1.13. The standard InChI is InChI=1S/C5H5BrN2O2S/c6-5-2-7-4(1-8-5)3-11(9)10/h1-2H,3H2,(H,9,10)/p-1. The predicted molar refractivity (Wildman–Crippen MR) is 42.4 cm³/mol. The molecule has 4 nitrogen and oxygen atoms in total. The van der Waals surface area contributed by atoms with Crippen molar-refractivity contribution < 1.29 is 8.76 Å². The number of rotatable bonds is 2. The summed E-state index contributed by atoms with van der Waals surface area (Å²) in [5.74, 6) is -0.0831. The van der Waals surface area contributed by atoms with E-state index >= 15 is 0 Å². The third kappa shape index (κ3) is 3.04. The van der Waals surface area contributed by atoms with Crippen LogP contribution in [0.15, 0.2) is 17.0 Å². The SMILES string of the molecule is O=S([O-])Cc1cnc(Br)cn1. The summed E-state index contributed by atoms with van der Waals surface area (Å²) in [5, 5.41) is 0. The summed E-state index contributed by atoms with van der Waals surface area (Å²) < 4.78 is 20.9. The monoisotopic (exact) mass is 235 g/mol. The smallest absolute Gasteiger partial charge is 0.124 e. The highest BCUT2D eigenvalue weighted by molar-refractivity contribution is 9.10. The molecule has 0 amide bonds. The van der Waals surface area contributed by atoms with Gasteiger partial charge in [-0.05, 0) is 27.0 Å². The summed E-state index contributed by atoms with van der Waals surface area (Å²) in [6.45, 7) is 0. The molecule has 0 bridgehead atoms. The van der Waals surface area contributed by atoms with Crippen molar-refractivity contribution in [3.05, 3.63) is 22.7 Å². The summed E-state index contributed by atoms with van der Waals surface area (Å²) in [7, 11) is 0. The Balaban J connectivity index is 2.74. The molecule has 1 rings (SSSR count). The largest absolute Gasteiger partial charge is 0.772 e. The van der Waals surface area contributed by atoms with Gasteiger partial charge in [-0.25, -0.2) is 4.98 Å². The van der Waals surface area contributed by atoms with Crippen LogP contribution in [0.1, 0.15) is 5.69 Å². The van der Waals surface area contributed by atoms with E-state index in [1.165, 1.54) is 12.4 Å². The molecule has 0 aliphatic rings. The van der Waals surface area contributed by atoms with Crippen molar-refractivity contribution >= 4 is 27.0 Å². The van der Waals surface area contributed by atoms with Crippen LogP contribution in [0.4, 0.5) is 0 Å². The molecular weight excluding hydrogens is 232 g/mol. The first-order valence-corrected chi connectivity index (χ1v) is 4.74. The molecule has 60 valence electrons. The molecule has 0 saturated heterocycles. The van der Waals surface area contributed by atoms with Gasteiger partial charge >= 0.3 is 0 Å². The average molecular weight is 236 g/mol. The number of halogens is 1. The van der Waals surface area contributed by atoms with Crippen LogP contribution in [-0.4, -0.2) is 18.7 Å². The second-order valence-corrected chi connectivity index (χ2v) is 3.49. The van der Waals surface area contributed by atoms with E-state index in [-0.39, 0.29) is 5.75 Å². The van der Waals surface area contributed by atoms with Gasteiger partial charge in [0.1, 0.15) is 4.60 Å². The minimum Gasteiger partial charge on any atom is -0.772 e. The summed E-state index contributed by atoms with van der Waals surface area (Å²) >= 11 is 0.993. The van der Waals surface area contributed by atoms with Gasteiger partial charge in [0.15, 0.2) is 0 Å². The molecule has 0 saturated carbocycles. The van der Waals surface area contributed by atoms with Crippen LogP contribution in [-0.2, 0) is 16.8 Å². The minimum atomic E-state index is -2.09. The lowest BCUT2D eigenvalue weighted by molar-refractivity contribution is 0.535. The molecule has 0 fully saturated rings. The highest BCUT2D eigenvalue weighted by Crippen LogP contribution is 2.03. The topological polar surface area (TPSA) is 65.9 Å². The summed E-state index contributed by atoms with van der Waals surface area (Å²) in [6.07, 6.45) is 2.88. The maximum atomic E-state index is 10.2. The van der Waals surface area contributed by atoms with E-state index in [1.807, 2.05) is 0 Å². The second-order valence-electron chi connectivity index (χ2n) is 1.78. The van der Waals surface area contributed by atoms with E-state index in [0.29, 0.717) is 10.3 Å². The molecule has 1 aromatic heterocycles. The molecule has 0 aromatic carbocycles. The highest BCUT2D eigenvalue weighted by atomic mass is 79.9. The second kappa shape index (κ2) is 3.89. The molecule has 1 atom stereocenters. The Labute approximate surface area is 74.5 Å². The summed E-state index contributed by atoms with van der Waals surface area (Å²) in [4.78, 5) is 7.63. The molecule has 1 heterocycles. The lowest BCUT2D eigenvalue weighted by Gasteiger charge is -2.02. The molecule has 11 heavy (non-hydrogen) atoms. The Morgan fingerprint density at radius 1 is 1.55 bits per heavy atom. The fraction of sp³-hybridized carbons (Fsp3) is 0.200. The Morgan fingerprint density at radius 3 is 2.73 bits per heavy atom. The Kier molecular flexibility index (Phi) is 3.10. The molecule has 1 unspecified atom stereocenters. The molecule has 0 N–H and O–H groups in total. The first kappa shape index (κ1) is 8.76. The van der Waals surface area contributed by atoms with Crippen LogP contribution in [0.2, 0.25) is 0 Å². The molecule has 0 spiro atoms. The van der Waals surface area contributed by atoms with Crippen molar-refractivity contribution in [1.29, 1.82) is 0 Å². The molecule has 1 aromatic rings. The van der Waals surface area contributed by atoms with Crippen molar-refractivity contribution in [2.24, 2.45) is 0 Å². The van der Waals surface area contributed by atoms with E-state index in [1.54, 1.807) is 0 Å². The normalized spacial score (nSPS) is 12.9.